The van der Waals surface area contributed by atoms with Gasteiger partial charge in [0, 0.05) is 18.9 Å². The van der Waals surface area contributed by atoms with Crippen LogP contribution in [0, 0.1) is 11.8 Å². The van der Waals surface area contributed by atoms with Crippen LogP contribution in [0.2, 0.25) is 0 Å². The zero-order chi connectivity index (χ0) is 9.64. The van der Waals surface area contributed by atoms with Gasteiger partial charge in [-0.05, 0) is 6.08 Å². The van der Waals surface area contributed by atoms with Gasteiger partial charge in [0.2, 0.25) is 0 Å². The van der Waals surface area contributed by atoms with E-state index >= 15 is 0 Å². The Morgan fingerprint density at radius 3 is 2.77 bits per heavy atom. The summed E-state index contributed by atoms with van der Waals surface area (Å²) in [5.41, 5.74) is 0. The van der Waals surface area contributed by atoms with Crippen molar-refractivity contribution < 1.29 is 14.6 Å². The minimum Gasteiger partial charge on any atom is -0.392 e. The molecule has 0 radical (unpaired) electrons. The lowest BCUT2D eigenvalue weighted by Crippen LogP contribution is -2.53. The van der Waals surface area contributed by atoms with E-state index in [1.54, 1.807) is 7.11 Å². The second-order valence-corrected chi connectivity index (χ2v) is 4.01. The average Bonchev–Trinajstić information content (AvgIpc) is 2.55. The Bertz CT molecular complexity index is 238. The molecule has 0 aromatic rings. The number of aliphatic hydroxyl groups excluding tert-OH is 1. The summed E-state index contributed by atoms with van der Waals surface area (Å²) in [6, 6.07) is 0. The van der Waals surface area contributed by atoms with Crippen molar-refractivity contribution in [1.82, 2.24) is 0 Å². The third-order valence-electron chi connectivity index (χ3n) is 3.36. The van der Waals surface area contributed by atoms with Gasteiger partial charge in [0.15, 0.2) is 5.79 Å². The molecule has 1 N–H and O–H groups in total. The molecule has 2 rings (SSSR count). The molecule has 13 heavy (non-hydrogen) atoms. The number of hydrogen-bond donors (Lipinski definition) is 1. The number of fused-ring (bicyclic) bond motifs is 2. The number of hydrogen-bond acceptors (Lipinski definition) is 3. The fourth-order valence-corrected chi connectivity index (χ4v) is 2.25. The average molecular weight is 184 g/mol. The monoisotopic (exact) mass is 184 g/mol. The van der Waals surface area contributed by atoms with Gasteiger partial charge < -0.3 is 14.6 Å². The van der Waals surface area contributed by atoms with Gasteiger partial charge in [-0.2, -0.15) is 0 Å². The van der Waals surface area contributed by atoms with Gasteiger partial charge in [-0.15, -0.1) is 0 Å². The molecule has 2 heterocycles. The van der Waals surface area contributed by atoms with Gasteiger partial charge in [-0.25, -0.2) is 0 Å². The van der Waals surface area contributed by atoms with Gasteiger partial charge in [-0.3, -0.25) is 0 Å². The first-order valence-corrected chi connectivity index (χ1v) is 4.71. The summed E-state index contributed by atoms with van der Waals surface area (Å²) >= 11 is 0. The van der Waals surface area contributed by atoms with Crippen LogP contribution < -0.4 is 0 Å². The van der Waals surface area contributed by atoms with E-state index < -0.39 is 5.79 Å². The summed E-state index contributed by atoms with van der Waals surface area (Å²) in [5.74, 6) is -0.545. The van der Waals surface area contributed by atoms with E-state index in [2.05, 4.69) is 0 Å². The summed E-state index contributed by atoms with van der Waals surface area (Å²) in [6.45, 7) is 3.96. The maximum atomic E-state index is 9.92. The van der Waals surface area contributed by atoms with E-state index in [1.807, 2.05) is 26.0 Å². The highest BCUT2D eigenvalue weighted by atomic mass is 16.7. The highest BCUT2D eigenvalue weighted by molar-refractivity contribution is 5.16. The first-order chi connectivity index (χ1) is 6.10. The largest absolute Gasteiger partial charge is 0.392 e. The quantitative estimate of drug-likeness (QED) is 0.616. The second kappa shape index (κ2) is 2.80. The standard InChI is InChI=1S/C10H16O3/c1-6-8-4-5-10(12-3,13-8)7(2)9(6)11/h4-9,11H,1-3H3/t6-,7-,8-,9+,10+/m0/s1. The third kappa shape index (κ3) is 1.08. The molecule has 0 aliphatic carbocycles. The predicted octanol–water partition coefficient (Wildman–Crippen LogP) is 0.931. The topological polar surface area (TPSA) is 38.7 Å². The van der Waals surface area contributed by atoms with E-state index in [0.29, 0.717) is 0 Å². The Morgan fingerprint density at radius 2 is 2.15 bits per heavy atom. The molecule has 3 heteroatoms. The number of aliphatic hydroxyl groups is 1. The van der Waals surface area contributed by atoms with Crippen LogP contribution >= 0.6 is 0 Å². The fourth-order valence-electron chi connectivity index (χ4n) is 2.25. The molecule has 0 unspecified atom stereocenters. The summed E-state index contributed by atoms with van der Waals surface area (Å²) in [5, 5.41) is 9.92. The van der Waals surface area contributed by atoms with Gasteiger partial charge >= 0.3 is 0 Å². The molecule has 1 fully saturated rings. The summed E-state index contributed by atoms with van der Waals surface area (Å²) in [7, 11) is 1.62. The van der Waals surface area contributed by atoms with E-state index in [1.165, 1.54) is 0 Å². The Balaban J connectivity index is 2.31. The SMILES string of the molecule is CO[C@]12C=C[C@H](O1)[C@H](C)[C@@H](O)[C@@H]2C. The number of methoxy groups -OCH3 is 1. The van der Waals surface area contributed by atoms with Crippen LogP contribution in [0.1, 0.15) is 13.8 Å². The van der Waals surface area contributed by atoms with E-state index in [4.69, 9.17) is 9.47 Å². The molecule has 2 aliphatic rings. The molecule has 0 saturated carbocycles. The van der Waals surface area contributed by atoms with Crippen LogP contribution in [-0.2, 0) is 9.47 Å². The molecule has 0 amide bonds. The van der Waals surface area contributed by atoms with Crippen molar-refractivity contribution in [3.63, 3.8) is 0 Å². The minimum atomic E-state index is -0.684. The molecule has 1 saturated heterocycles. The second-order valence-electron chi connectivity index (χ2n) is 4.01. The predicted molar refractivity (Wildman–Crippen MR) is 48.1 cm³/mol. The number of rotatable bonds is 1. The minimum absolute atomic E-state index is 0.00569. The van der Waals surface area contributed by atoms with Gasteiger partial charge in [0.05, 0.1) is 12.2 Å². The lowest BCUT2D eigenvalue weighted by atomic mass is 9.84. The van der Waals surface area contributed by atoms with Crippen molar-refractivity contribution in [2.45, 2.75) is 31.8 Å². The van der Waals surface area contributed by atoms with Crippen LogP contribution in [-0.4, -0.2) is 30.2 Å². The first kappa shape index (κ1) is 9.19. The normalized spacial score (nSPS) is 54.2. The van der Waals surface area contributed by atoms with Crippen molar-refractivity contribution in [3.05, 3.63) is 12.2 Å². The molecule has 3 nitrogen and oxygen atoms in total. The molecule has 5 atom stereocenters. The first-order valence-electron chi connectivity index (χ1n) is 4.71. The molecule has 0 aromatic heterocycles. The van der Waals surface area contributed by atoms with Crippen LogP contribution in [0.4, 0.5) is 0 Å². The van der Waals surface area contributed by atoms with E-state index in [0.717, 1.165) is 0 Å². The van der Waals surface area contributed by atoms with Crippen LogP contribution in [0.25, 0.3) is 0 Å². The molecule has 74 valence electrons. The van der Waals surface area contributed by atoms with Gasteiger partial charge in [-0.1, -0.05) is 19.9 Å². The van der Waals surface area contributed by atoms with Crippen LogP contribution in [0.3, 0.4) is 0 Å². The fraction of sp³-hybridized carbons (Fsp3) is 0.800. The van der Waals surface area contributed by atoms with E-state index in [9.17, 15) is 5.11 Å². The highest BCUT2D eigenvalue weighted by Gasteiger charge is 2.52. The lowest BCUT2D eigenvalue weighted by Gasteiger charge is -2.43. The molecule has 0 aromatic carbocycles. The Kier molecular flexibility index (Phi) is 1.98. The van der Waals surface area contributed by atoms with Crippen LogP contribution in [0.5, 0.6) is 0 Å². The molecular formula is C10H16O3. The zero-order valence-electron chi connectivity index (χ0n) is 8.23. The van der Waals surface area contributed by atoms with Gasteiger partial charge in [0.25, 0.3) is 0 Å². The molecule has 0 spiro atoms. The maximum Gasteiger partial charge on any atom is 0.193 e. The van der Waals surface area contributed by atoms with Gasteiger partial charge in [0.1, 0.15) is 0 Å². The van der Waals surface area contributed by atoms with Crippen molar-refractivity contribution in [2.75, 3.05) is 7.11 Å². The summed E-state index contributed by atoms with van der Waals surface area (Å²) < 4.78 is 11.1. The molecule has 2 bridgehead atoms. The Morgan fingerprint density at radius 1 is 1.46 bits per heavy atom. The zero-order valence-corrected chi connectivity index (χ0v) is 8.23. The maximum absolute atomic E-state index is 9.92. The van der Waals surface area contributed by atoms with E-state index in [-0.39, 0.29) is 24.0 Å². The van der Waals surface area contributed by atoms with Crippen molar-refractivity contribution in [2.24, 2.45) is 11.8 Å². The van der Waals surface area contributed by atoms with Crippen molar-refractivity contribution in [1.29, 1.82) is 0 Å². The summed E-state index contributed by atoms with van der Waals surface area (Å²) in [4.78, 5) is 0. The van der Waals surface area contributed by atoms with Crippen molar-refractivity contribution >= 4 is 0 Å². The summed E-state index contributed by atoms with van der Waals surface area (Å²) in [6.07, 6.45) is 3.57. The molecular weight excluding hydrogens is 168 g/mol. The highest BCUT2D eigenvalue weighted by Crippen LogP contribution is 2.43. The van der Waals surface area contributed by atoms with Crippen molar-refractivity contribution in [3.8, 4) is 0 Å². The Labute approximate surface area is 78.3 Å². The molecule has 2 aliphatic heterocycles. The lowest BCUT2D eigenvalue weighted by molar-refractivity contribution is -0.279. The Hall–Kier alpha value is -0.380. The number of ether oxygens (including phenoxy) is 2. The smallest absolute Gasteiger partial charge is 0.193 e. The van der Waals surface area contributed by atoms with Crippen LogP contribution in [0.15, 0.2) is 12.2 Å². The third-order valence-corrected chi connectivity index (χ3v) is 3.36.